The molecule has 0 saturated carbocycles. The van der Waals surface area contributed by atoms with Gasteiger partial charge in [-0.15, -0.1) is 24.8 Å². The fraction of sp³-hybridized carbons (Fsp3) is 0.588. The van der Waals surface area contributed by atoms with Crippen LogP contribution in [-0.4, -0.2) is 50.1 Å². The van der Waals surface area contributed by atoms with Crippen molar-refractivity contribution in [2.45, 2.75) is 19.8 Å². The second-order valence-corrected chi connectivity index (χ2v) is 6.98. The number of hydrogen-bond donors (Lipinski definition) is 1. The van der Waals surface area contributed by atoms with Crippen LogP contribution in [0.2, 0.25) is 5.02 Å². The smallest absolute Gasteiger partial charge is 0.229 e. The van der Waals surface area contributed by atoms with Crippen LogP contribution in [0.1, 0.15) is 19.8 Å². The van der Waals surface area contributed by atoms with E-state index in [2.05, 4.69) is 17.1 Å². The van der Waals surface area contributed by atoms with E-state index in [4.69, 9.17) is 11.6 Å². The first-order valence-corrected chi connectivity index (χ1v) is 8.47. The predicted octanol–water partition coefficient (Wildman–Crippen LogP) is 3.22. The van der Waals surface area contributed by atoms with Crippen LogP contribution >= 0.6 is 36.4 Å². The zero-order valence-electron chi connectivity index (χ0n) is 14.0. The minimum Gasteiger partial charge on any atom is -0.367 e. The zero-order chi connectivity index (χ0) is 15.6. The highest BCUT2D eigenvalue weighted by molar-refractivity contribution is 6.33. The van der Waals surface area contributed by atoms with Crippen LogP contribution in [0.4, 0.5) is 5.69 Å². The molecule has 3 rings (SSSR count). The SMILES string of the molecule is CC1(C(=O)N2CCN(c3ccccc3Cl)CC2)CCCNC1.Cl.Cl. The number of carbonyl (C=O) groups is 1. The molecule has 1 aromatic rings. The summed E-state index contributed by atoms with van der Waals surface area (Å²) in [7, 11) is 0. The molecule has 0 spiro atoms. The quantitative estimate of drug-likeness (QED) is 0.836. The van der Waals surface area contributed by atoms with Crippen molar-refractivity contribution in [1.29, 1.82) is 0 Å². The van der Waals surface area contributed by atoms with Gasteiger partial charge in [-0.25, -0.2) is 0 Å². The lowest BCUT2D eigenvalue weighted by Crippen LogP contribution is -2.56. The van der Waals surface area contributed by atoms with Crippen molar-refractivity contribution in [3.05, 3.63) is 29.3 Å². The summed E-state index contributed by atoms with van der Waals surface area (Å²) in [6.07, 6.45) is 2.07. The number of piperazine rings is 1. The Morgan fingerprint density at radius 2 is 1.83 bits per heavy atom. The molecule has 2 heterocycles. The number of hydrogen-bond acceptors (Lipinski definition) is 3. The molecule has 24 heavy (non-hydrogen) atoms. The Balaban J connectivity index is 0.00000144. The third-order valence-electron chi connectivity index (χ3n) is 4.87. The van der Waals surface area contributed by atoms with Gasteiger partial charge in [0.15, 0.2) is 0 Å². The monoisotopic (exact) mass is 393 g/mol. The highest BCUT2D eigenvalue weighted by Crippen LogP contribution is 2.30. The van der Waals surface area contributed by atoms with Gasteiger partial charge in [-0.1, -0.05) is 23.7 Å². The zero-order valence-corrected chi connectivity index (χ0v) is 16.4. The number of carbonyl (C=O) groups excluding carboxylic acids is 1. The fourth-order valence-electron chi connectivity index (χ4n) is 3.48. The number of nitrogens with one attached hydrogen (secondary N) is 1. The first-order valence-electron chi connectivity index (χ1n) is 8.10. The van der Waals surface area contributed by atoms with Crippen LogP contribution in [0.25, 0.3) is 0 Å². The largest absolute Gasteiger partial charge is 0.367 e. The van der Waals surface area contributed by atoms with E-state index in [0.29, 0.717) is 5.91 Å². The maximum atomic E-state index is 12.8. The molecule has 2 fully saturated rings. The van der Waals surface area contributed by atoms with Crippen molar-refractivity contribution >= 4 is 48.0 Å². The highest BCUT2D eigenvalue weighted by atomic mass is 35.5. The van der Waals surface area contributed by atoms with Crippen molar-refractivity contribution in [3.63, 3.8) is 0 Å². The Bertz CT molecular complexity index is 542. The molecule has 0 radical (unpaired) electrons. The molecule has 1 amide bonds. The van der Waals surface area contributed by atoms with Crippen LogP contribution in [-0.2, 0) is 4.79 Å². The van der Waals surface area contributed by atoms with Gasteiger partial charge in [-0.2, -0.15) is 0 Å². The number of benzene rings is 1. The minimum atomic E-state index is -0.231. The Morgan fingerprint density at radius 1 is 1.17 bits per heavy atom. The average molecular weight is 395 g/mol. The fourth-order valence-corrected chi connectivity index (χ4v) is 3.73. The lowest BCUT2D eigenvalue weighted by atomic mass is 9.81. The first kappa shape index (κ1) is 21.4. The number of nitrogens with zero attached hydrogens (tertiary/aromatic N) is 2. The first-order chi connectivity index (χ1) is 10.6. The van der Waals surface area contributed by atoms with E-state index in [1.807, 2.05) is 29.2 Å². The molecule has 2 aliphatic rings. The molecule has 0 aliphatic carbocycles. The Kier molecular flexibility index (Phi) is 8.13. The molecule has 1 aromatic carbocycles. The third kappa shape index (κ3) is 4.48. The molecule has 1 unspecified atom stereocenters. The van der Waals surface area contributed by atoms with E-state index in [9.17, 15) is 4.79 Å². The summed E-state index contributed by atoms with van der Waals surface area (Å²) in [5, 5.41) is 4.15. The highest BCUT2D eigenvalue weighted by Gasteiger charge is 2.38. The molecule has 0 bridgehead atoms. The number of amides is 1. The van der Waals surface area contributed by atoms with Crippen LogP contribution in [0, 0.1) is 5.41 Å². The maximum Gasteiger partial charge on any atom is 0.229 e. The molecular weight excluding hydrogens is 369 g/mol. The lowest BCUT2D eigenvalue weighted by Gasteiger charge is -2.42. The summed E-state index contributed by atoms with van der Waals surface area (Å²) < 4.78 is 0. The van der Waals surface area contributed by atoms with Crippen LogP contribution < -0.4 is 10.2 Å². The third-order valence-corrected chi connectivity index (χ3v) is 5.19. The minimum absolute atomic E-state index is 0. The Hall–Kier alpha value is -0.680. The Labute approximate surface area is 161 Å². The summed E-state index contributed by atoms with van der Waals surface area (Å²) in [4.78, 5) is 17.1. The molecule has 4 nitrogen and oxygen atoms in total. The number of rotatable bonds is 2. The summed E-state index contributed by atoms with van der Waals surface area (Å²) in [5.74, 6) is 0.304. The van der Waals surface area contributed by atoms with E-state index in [-0.39, 0.29) is 30.2 Å². The standard InChI is InChI=1S/C17H24ClN3O.2ClH/c1-17(7-4-8-19-13-17)16(22)21-11-9-20(10-12-21)15-6-3-2-5-14(15)18;;/h2-3,5-6,19H,4,7-13H2,1H3;2*1H. The van der Waals surface area contributed by atoms with E-state index < -0.39 is 0 Å². The number of para-hydroxylation sites is 1. The second kappa shape index (κ2) is 9.14. The molecule has 2 aliphatic heterocycles. The molecule has 0 aromatic heterocycles. The molecule has 7 heteroatoms. The van der Waals surface area contributed by atoms with Crippen LogP contribution in [0.15, 0.2) is 24.3 Å². The average Bonchev–Trinajstić information content (AvgIpc) is 2.55. The molecular formula is C17H26Cl3N3O. The van der Waals surface area contributed by atoms with Crippen molar-refractivity contribution in [2.24, 2.45) is 5.41 Å². The molecule has 136 valence electrons. The summed E-state index contributed by atoms with van der Waals surface area (Å²) in [6.45, 7) is 7.18. The van der Waals surface area contributed by atoms with Gasteiger partial charge in [0.1, 0.15) is 0 Å². The van der Waals surface area contributed by atoms with Gasteiger partial charge in [-0.05, 0) is 38.4 Å². The molecule has 1 atom stereocenters. The van der Waals surface area contributed by atoms with Gasteiger partial charge >= 0.3 is 0 Å². The summed E-state index contributed by atoms with van der Waals surface area (Å²) >= 11 is 6.27. The molecule has 1 N–H and O–H groups in total. The summed E-state index contributed by atoms with van der Waals surface area (Å²) in [6, 6.07) is 7.92. The van der Waals surface area contributed by atoms with Gasteiger partial charge in [0.2, 0.25) is 5.91 Å². The van der Waals surface area contributed by atoms with E-state index >= 15 is 0 Å². The van der Waals surface area contributed by atoms with E-state index in [1.165, 1.54) is 0 Å². The van der Waals surface area contributed by atoms with Gasteiger partial charge < -0.3 is 15.1 Å². The van der Waals surface area contributed by atoms with Crippen molar-refractivity contribution in [3.8, 4) is 0 Å². The lowest BCUT2D eigenvalue weighted by molar-refractivity contribution is -0.142. The van der Waals surface area contributed by atoms with E-state index in [1.54, 1.807) is 0 Å². The predicted molar refractivity (Wildman–Crippen MR) is 105 cm³/mol. The normalized spacial score (nSPS) is 23.9. The second-order valence-electron chi connectivity index (χ2n) is 6.57. The van der Waals surface area contributed by atoms with Crippen molar-refractivity contribution in [2.75, 3.05) is 44.2 Å². The Morgan fingerprint density at radius 3 is 2.42 bits per heavy atom. The van der Waals surface area contributed by atoms with Crippen molar-refractivity contribution in [1.82, 2.24) is 10.2 Å². The number of anilines is 1. The van der Waals surface area contributed by atoms with E-state index in [0.717, 1.165) is 62.8 Å². The number of halogens is 3. The van der Waals surface area contributed by atoms with Crippen LogP contribution in [0.5, 0.6) is 0 Å². The van der Waals surface area contributed by atoms with Gasteiger partial charge in [0.05, 0.1) is 16.1 Å². The number of piperidine rings is 1. The van der Waals surface area contributed by atoms with Gasteiger partial charge in [0.25, 0.3) is 0 Å². The van der Waals surface area contributed by atoms with Gasteiger partial charge in [0, 0.05) is 32.7 Å². The summed E-state index contributed by atoms with van der Waals surface area (Å²) in [5.41, 5.74) is 0.840. The topological polar surface area (TPSA) is 35.6 Å². The van der Waals surface area contributed by atoms with Gasteiger partial charge in [-0.3, -0.25) is 4.79 Å². The van der Waals surface area contributed by atoms with Crippen molar-refractivity contribution < 1.29 is 4.79 Å². The maximum absolute atomic E-state index is 12.8. The van der Waals surface area contributed by atoms with Crippen LogP contribution in [0.3, 0.4) is 0 Å². The molecule has 2 saturated heterocycles.